The fraction of sp³-hybridized carbons (Fsp3) is 0.375. The molecule has 0 aliphatic heterocycles. The molecule has 2 N–H and O–H groups in total. The molecule has 0 fully saturated rings. The van der Waals surface area contributed by atoms with Crippen LogP contribution >= 0.6 is 11.3 Å². The van der Waals surface area contributed by atoms with Gasteiger partial charge in [-0.2, -0.15) is 0 Å². The highest BCUT2D eigenvalue weighted by Gasteiger charge is 2.18. The van der Waals surface area contributed by atoms with Gasteiger partial charge in [-0.25, -0.2) is 4.79 Å². The highest BCUT2D eigenvalue weighted by molar-refractivity contribution is 7.18. The first-order valence-electron chi connectivity index (χ1n) is 7.43. The predicted molar refractivity (Wildman–Crippen MR) is 93.3 cm³/mol. The Morgan fingerprint density at radius 2 is 1.88 bits per heavy atom. The number of carboxylic acids is 1. The van der Waals surface area contributed by atoms with Crippen LogP contribution in [0.5, 0.6) is 0 Å². The minimum absolute atomic E-state index is 0.115. The third-order valence-corrected chi connectivity index (χ3v) is 4.31. The van der Waals surface area contributed by atoms with Crippen molar-refractivity contribution in [3.8, 4) is 10.6 Å². The number of aryl methyl sites for hydroxylation is 2. The van der Waals surface area contributed by atoms with Crippen LogP contribution in [-0.4, -0.2) is 45.8 Å². The molecule has 2 rings (SSSR count). The van der Waals surface area contributed by atoms with E-state index in [1.54, 1.807) is 14.0 Å². The number of hydrogen-bond donors (Lipinski definition) is 2. The standard InChI is InChI=1S/C16H20N4O3S/c1-9-5-10(2)7-12(6-9)13-18-19-15(24-13)17-16(23)20(4)8-11(3)14(21)22/h5-7,11H,8H2,1-4H3,(H,21,22)(H,17,19,23). The molecule has 0 bridgehead atoms. The molecule has 1 unspecified atom stereocenters. The van der Waals surface area contributed by atoms with Crippen molar-refractivity contribution in [2.45, 2.75) is 20.8 Å². The van der Waals surface area contributed by atoms with E-state index in [0.717, 1.165) is 21.7 Å². The average molecular weight is 348 g/mol. The molecule has 0 radical (unpaired) electrons. The van der Waals surface area contributed by atoms with Crippen molar-refractivity contribution in [1.82, 2.24) is 15.1 Å². The molecule has 0 saturated heterocycles. The Balaban J connectivity index is 2.05. The molecule has 1 aromatic heterocycles. The summed E-state index contributed by atoms with van der Waals surface area (Å²) in [5, 5.41) is 20.7. The molecule has 1 aromatic carbocycles. The summed E-state index contributed by atoms with van der Waals surface area (Å²) in [6, 6.07) is 5.69. The van der Waals surface area contributed by atoms with Gasteiger partial charge in [0.1, 0.15) is 5.01 Å². The maximum atomic E-state index is 12.1. The lowest BCUT2D eigenvalue weighted by Gasteiger charge is -2.18. The first-order chi connectivity index (χ1) is 11.3. The van der Waals surface area contributed by atoms with E-state index in [2.05, 4.69) is 21.6 Å². The topological polar surface area (TPSA) is 95.4 Å². The third kappa shape index (κ3) is 4.51. The van der Waals surface area contributed by atoms with Gasteiger partial charge in [0, 0.05) is 19.2 Å². The Morgan fingerprint density at radius 3 is 2.46 bits per heavy atom. The Bertz CT molecular complexity index is 739. The van der Waals surface area contributed by atoms with Crippen molar-refractivity contribution in [3.63, 3.8) is 0 Å². The van der Waals surface area contributed by atoms with Gasteiger partial charge in [0.05, 0.1) is 5.92 Å². The van der Waals surface area contributed by atoms with Crippen LogP contribution in [0.3, 0.4) is 0 Å². The number of anilines is 1. The molecule has 2 aromatic rings. The maximum absolute atomic E-state index is 12.1. The second-order valence-electron chi connectivity index (χ2n) is 5.84. The zero-order valence-corrected chi connectivity index (χ0v) is 14.8. The van der Waals surface area contributed by atoms with Crippen LogP contribution in [0.2, 0.25) is 0 Å². The molecule has 7 nitrogen and oxygen atoms in total. The van der Waals surface area contributed by atoms with Crippen LogP contribution < -0.4 is 5.32 Å². The van der Waals surface area contributed by atoms with E-state index in [4.69, 9.17) is 5.11 Å². The van der Waals surface area contributed by atoms with E-state index in [1.165, 1.54) is 16.2 Å². The van der Waals surface area contributed by atoms with Crippen molar-refractivity contribution in [2.75, 3.05) is 18.9 Å². The quantitative estimate of drug-likeness (QED) is 0.866. The van der Waals surface area contributed by atoms with Crippen molar-refractivity contribution < 1.29 is 14.7 Å². The summed E-state index contributed by atoms with van der Waals surface area (Å²) in [5.41, 5.74) is 3.22. The summed E-state index contributed by atoms with van der Waals surface area (Å²) in [6.07, 6.45) is 0. The first-order valence-corrected chi connectivity index (χ1v) is 8.25. The SMILES string of the molecule is Cc1cc(C)cc(-c2nnc(NC(=O)N(C)CC(C)C(=O)O)s2)c1. The van der Waals surface area contributed by atoms with Crippen LogP contribution in [0.1, 0.15) is 18.1 Å². The maximum Gasteiger partial charge on any atom is 0.323 e. The fourth-order valence-electron chi connectivity index (χ4n) is 2.25. The number of rotatable bonds is 5. The van der Waals surface area contributed by atoms with E-state index >= 15 is 0 Å². The summed E-state index contributed by atoms with van der Waals surface area (Å²) in [7, 11) is 1.54. The van der Waals surface area contributed by atoms with Crippen LogP contribution in [0, 0.1) is 19.8 Å². The van der Waals surface area contributed by atoms with Crippen molar-refractivity contribution in [3.05, 3.63) is 29.3 Å². The number of aromatic nitrogens is 2. The highest BCUT2D eigenvalue weighted by atomic mass is 32.1. The fourth-order valence-corrected chi connectivity index (χ4v) is 2.97. The van der Waals surface area contributed by atoms with Crippen molar-refractivity contribution >= 4 is 28.5 Å². The molecule has 0 saturated carbocycles. The number of carboxylic acid groups (broad SMARTS) is 1. The minimum atomic E-state index is -0.942. The number of nitrogens with zero attached hydrogens (tertiary/aromatic N) is 3. The van der Waals surface area contributed by atoms with Gasteiger partial charge in [-0.05, 0) is 26.0 Å². The third-order valence-electron chi connectivity index (χ3n) is 3.42. The molecule has 2 amide bonds. The molecule has 1 heterocycles. The van der Waals surface area contributed by atoms with Gasteiger partial charge in [0.15, 0.2) is 0 Å². The first kappa shape index (κ1) is 17.9. The zero-order chi connectivity index (χ0) is 17.9. The summed E-state index contributed by atoms with van der Waals surface area (Å²) in [4.78, 5) is 24.3. The van der Waals surface area contributed by atoms with Crippen LogP contribution in [0.4, 0.5) is 9.93 Å². The molecule has 0 spiro atoms. The van der Waals surface area contributed by atoms with Gasteiger partial charge >= 0.3 is 12.0 Å². The van der Waals surface area contributed by atoms with Gasteiger partial charge < -0.3 is 10.0 Å². The van der Waals surface area contributed by atoms with Gasteiger partial charge in [-0.1, -0.05) is 35.5 Å². The summed E-state index contributed by atoms with van der Waals surface area (Å²) >= 11 is 1.28. The number of amides is 2. The predicted octanol–water partition coefficient (Wildman–Crippen LogP) is 3.01. The van der Waals surface area contributed by atoms with Gasteiger partial charge in [-0.3, -0.25) is 10.1 Å². The smallest absolute Gasteiger partial charge is 0.323 e. The molecule has 24 heavy (non-hydrogen) atoms. The molecule has 0 aliphatic carbocycles. The van der Waals surface area contributed by atoms with Crippen LogP contribution in [0.15, 0.2) is 18.2 Å². The van der Waals surface area contributed by atoms with E-state index in [1.807, 2.05) is 26.0 Å². The minimum Gasteiger partial charge on any atom is -0.481 e. The number of aliphatic carboxylic acids is 1. The Labute approximate surface area is 144 Å². The number of urea groups is 1. The Kier molecular flexibility index (Phi) is 5.50. The summed E-state index contributed by atoms with van der Waals surface area (Å²) in [5.74, 6) is -1.58. The van der Waals surface area contributed by atoms with E-state index < -0.39 is 17.9 Å². The van der Waals surface area contributed by atoms with Gasteiger partial charge in [0.25, 0.3) is 0 Å². The van der Waals surface area contributed by atoms with Crippen LogP contribution in [-0.2, 0) is 4.79 Å². The molecule has 1 atom stereocenters. The van der Waals surface area contributed by atoms with E-state index in [9.17, 15) is 9.59 Å². The number of carbonyl (C=O) groups excluding carboxylic acids is 1. The zero-order valence-electron chi connectivity index (χ0n) is 14.0. The lowest BCUT2D eigenvalue weighted by molar-refractivity contribution is -0.141. The second kappa shape index (κ2) is 7.39. The Morgan fingerprint density at radius 1 is 1.25 bits per heavy atom. The largest absolute Gasteiger partial charge is 0.481 e. The lowest BCUT2D eigenvalue weighted by Crippen LogP contribution is -2.36. The Hall–Kier alpha value is -2.48. The molecular formula is C16H20N4O3S. The number of carbonyl (C=O) groups is 2. The van der Waals surface area contributed by atoms with E-state index in [-0.39, 0.29) is 6.54 Å². The van der Waals surface area contributed by atoms with Crippen molar-refractivity contribution in [1.29, 1.82) is 0 Å². The summed E-state index contributed by atoms with van der Waals surface area (Å²) < 4.78 is 0. The normalized spacial score (nSPS) is 11.8. The summed E-state index contributed by atoms with van der Waals surface area (Å²) in [6.45, 7) is 5.69. The van der Waals surface area contributed by atoms with Gasteiger partial charge in [0.2, 0.25) is 5.13 Å². The number of nitrogens with one attached hydrogen (secondary N) is 1. The van der Waals surface area contributed by atoms with E-state index in [0.29, 0.717) is 5.13 Å². The number of benzene rings is 1. The van der Waals surface area contributed by atoms with Crippen LogP contribution in [0.25, 0.3) is 10.6 Å². The monoisotopic (exact) mass is 348 g/mol. The lowest BCUT2D eigenvalue weighted by atomic mass is 10.1. The molecular weight excluding hydrogens is 328 g/mol. The highest BCUT2D eigenvalue weighted by Crippen LogP contribution is 2.28. The average Bonchev–Trinajstić information content (AvgIpc) is 2.94. The van der Waals surface area contributed by atoms with Gasteiger partial charge in [-0.15, -0.1) is 10.2 Å². The second-order valence-corrected chi connectivity index (χ2v) is 6.82. The molecule has 128 valence electrons. The number of hydrogen-bond acceptors (Lipinski definition) is 5. The van der Waals surface area contributed by atoms with Crippen molar-refractivity contribution in [2.24, 2.45) is 5.92 Å². The molecule has 0 aliphatic rings. The molecule has 8 heteroatoms.